The first kappa shape index (κ1) is 18.2. The third-order valence-electron chi connectivity index (χ3n) is 5.56. The fourth-order valence-electron chi connectivity index (χ4n) is 4.14. The quantitative estimate of drug-likeness (QED) is 0.817. The van der Waals surface area contributed by atoms with Gasteiger partial charge in [-0.15, -0.1) is 11.3 Å². The van der Waals surface area contributed by atoms with E-state index in [1.165, 1.54) is 11.3 Å². The van der Waals surface area contributed by atoms with E-state index in [9.17, 15) is 9.59 Å². The minimum absolute atomic E-state index is 0.00460. The van der Waals surface area contributed by atoms with Crippen LogP contribution in [-0.4, -0.2) is 59.5 Å². The molecule has 0 saturated carbocycles. The van der Waals surface area contributed by atoms with Crippen LogP contribution in [0, 0.1) is 0 Å². The van der Waals surface area contributed by atoms with Gasteiger partial charge in [-0.05, 0) is 30.9 Å². The van der Waals surface area contributed by atoms with Crippen molar-refractivity contribution in [3.05, 3.63) is 58.3 Å². The Bertz CT molecular complexity index is 821. The van der Waals surface area contributed by atoms with E-state index in [0.29, 0.717) is 31.1 Å². The van der Waals surface area contributed by atoms with Gasteiger partial charge in [0.1, 0.15) is 0 Å². The molecular formula is C21H24N2O3S. The Labute approximate surface area is 163 Å². The van der Waals surface area contributed by atoms with Crippen LogP contribution in [0.15, 0.2) is 47.8 Å². The second-order valence-electron chi connectivity index (χ2n) is 7.46. The zero-order chi connectivity index (χ0) is 19.0. The van der Waals surface area contributed by atoms with Gasteiger partial charge >= 0.3 is 0 Å². The predicted octanol–water partition coefficient (Wildman–Crippen LogP) is 2.99. The topological polar surface area (TPSA) is 49.9 Å². The Kier molecular flexibility index (Phi) is 4.78. The molecule has 1 spiro atoms. The van der Waals surface area contributed by atoms with Gasteiger partial charge in [-0.3, -0.25) is 9.59 Å². The highest BCUT2D eigenvalue weighted by Gasteiger charge is 2.58. The van der Waals surface area contributed by atoms with Crippen LogP contribution in [0.2, 0.25) is 0 Å². The third-order valence-corrected chi connectivity index (χ3v) is 6.41. The predicted molar refractivity (Wildman–Crippen MR) is 105 cm³/mol. The van der Waals surface area contributed by atoms with E-state index < -0.39 is 5.60 Å². The molecule has 2 aliphatic heterocycles. The van der Waals surface area contributed by atoms with Gasteiger partial charge in [-0.25, -0.2) is 0 Å². The van der Waals surface area contributed by atoms with Crippen molar-refractivity contribution in [3.8, 4) is 0 Å². The normalized spacial score (nSPS) is 25.6. The Balaban J connectivity index is 1.70. The molecule has 142 valence electrons. The molecule has 2 saturated heterocycles. The monoisotopic (exact) mass is 384 g/mol. The Morgan fingerprint density at radius 2 is 2.00 bits per heavy atom. The number of benzene rings is 1. The lowest BCUT2D eigenvalue weighted by Gasteiger charge is -2.42. The summed E-state index contributed by atoms with van der Waals surface area (Å²) in [6.45, 7) is 5.84. The maximum Gasteiger partial charge on any atom is 0.264 e. The smallest absolute Gasteiger partial charge is 0.264 e. The summed E-state index contributed by atoms with van der Waals surface area (Å²) in [5.74, 6) is -0.113. The van der Waals surface area contributed by atoms with Gasteiger partial charge in [0.15, 0.2) is 5.60 Å². The second-order valence-corrected chi connectivity index (χ2v) is 8.40. The molecule has 2 aromatic rings. The third kappa shape index (κ3) is 3.07. The number of thiophene rings is 1. The van der Waals surface area contributed by atoms with Crippen LogP contribution in [0.4, 0.5) is 0 Å². The number of hydrogen-bond donors (Lipinski definition) is 0. The first-order chi connectivity index (χ1) is 13.0. The van der Waals surface area contributed by atoms with Crippen LogP contribution in [0.5, 0.6) is 0 Å². The van der Waals surface area contributed by atoms with Gasteiger partial charge in [-0.2, -0.15) is 0 Å². The van der Waals surface area contributed by atoms with Gasteiger partial charge < -0.3 is 14.5 Å². The van der Waals surface area contributed by atoms with Crippen LogP contribution in [0.3, 0.4) is 0 Å². The number of likely N-dealkylation sites (tertiary alicyclic amines) is 1. The van der Waals surface area contributed by atoms with Gasteiger partial charge in [-0.1, -0.05) is 36.4 Å². The molecule has 0 bridgehead atoms. The van der Waals surface area contributed by atoms with Crippen molar-refractivity contribution in [1.82, 2.24) is 9.80 Å². The SMILES string of the molecule is CC(C)N1CC(c2ccccc2)C2(CN(C(=O)c3cccs3)CCO2)C1=O. The highest BCUT2D eigenvalue weighted by molar-refractivity contribution is 7.12. The number of morpholine rings is 1. The van der Waals surface area contributed by atoms with Gasteiger partial charge in [0.05, 0.1) is 18.0 Å². The van der Waals surface area contributed by atoms with Crippen molar-refractivity contribution in [2.75, 3.05) is 26.2 Å². The molecule has 2 aliphatic rings. The summed E-state index contributed by atoms with van der Waals surface area (Å²) in [6.07, 6.45) is 0. The highest BCUT2D eigenvalue weighted by atomic mass is 32.1. The van der Waals surface area contributed by atoms with E-state index in [-0.39, 0.29) is 23.8 Å². The van der Waals surface area contributed by atoms with Crippen LogP contribution in [0.25, 0.3) is 0 Å². The van der Waals surface area contributed by atoms with Crippen LogP contribution in [-0.2, 0) is 9.53 Å². The summed E-state index contributed by atoms with van der Waals surface area (Å²) in [5.41, 5.74) is 0.0796. The first-order valence-corrected chi connectivity index (χ1v) is 10.2. The standard InChI is InChI=1S/C21H24N2O3S/c1-15(2)23-13-17(16-7-4-3-5-8-16)21(20(23)25)14-22(10-11-26-21)19(24)18-9-6-12-27-18/h3-9,12,15,17H,10-11,13-14H2,1-2H3. The average molecular weight is 385 g/mol. The molecule has 1 aromatic carbocycles. The molecule has 5 nitrogen and oxygen atoms in total. The van der Waals surface area contributed by atoms with E-state index in [4.69, 9.17) is 4.74 Å². The summed E-state index contributed by atoms with van der Waals surface area (Å²) in [6, 6.07) is 13.9. The van der Waals surface area contributed by atoms with Crippen molar-refractivity contribution in [2.45, 2.75) is 31.4 Å². The fraction of sp³-hybridized carbons (Fsp3) is 0.429. The summed E-state index contributed by atoms with van der Waals surface area (Å²) >= 11 is 1.43. The summed E-state index contributed by atoms with van der Waals surface area (Å²) in [5, 5.41) is 1.90. The molecule has 27 heavy (non-hydrogen) atoms. The van der Waals surface area contributed by atoms with E-state index in [0.717, 1.165) is 5.56 Å². The van der Waals surface area contributed by atoms with Crippen LogP contribution < -0.4 is 0 Å². The number of carbonyl (C=O) groups excluding carboxylic acids is 2. The molecule has 6 heteroatoms. The number of ether oxygens (including phenoxy) is 1. The molecule has 2 fully saturated rings. The Morgan fingerprint density at radius 1 is 1.22 bits per heavy atom. The molecular weight excluding hydrogens is 360 g/mol. The maximum atomic E-state index is 13.4. The fourth-order valence-corrected chi connectivity index (χ4v) is 4.83. The molecule has 0 N–H and O–H groups in total. The van der Waals surface area contributed by atoms with E-state index >= 15 is 0 Å². The molecule has 2 unspecified atom stereocenters. The minimum atomic E-state index is -1.00. The Morgan fingerprint density at radius 3 is 2.67 bits per heavy atom. The zero-order valence-corrected chi connectivity index (χ0v) is 16.4. The molecule has 1 aromatic heterocycles. The van der Waals surface area contributed by atoms with Gasteiger partial charge in [0.2, 0.25) is 0 Å². The summed E-state index contributed by atoms with van der Waals surface area (Å²) < 4.78 is 6.20. The molecule has 4 rings (SSSR count). The number of rotatable bonds is 3. The lowest BCUT2D eigenvalue weighted by molar-refractivity contribution is -0.160. The average Bonchev–Trinajstić information content (AvgIpc) is 3.30. The molecule has 3 heterocycles. The largest absolute Gasteiger partial charge is 0.361 e. The summed E-state index contributed by atoms with van der Waals surface area (Å²) in [7, 11) is 0. The van der Waals surface area contributed by atoms with Crippen molar-refractivity contribution in [3.63, 3.8) is 0 Å². The van der Waals surface area contributed by atoms with Crippen molar-refractivity contribution < 1.29 is 14.3 Å². The molecule has 0 aliphatic carbocycles. The number of nitrogens with zero attached hydrogens (tertiary/aromatic N) is 2. The van der Waals surface area contributed by atoms with E-state index in [2.05, 4.69) is 0 Å². The maximum absolute atomic E-state index is 13.4. The summed E-state index contributed by atoms with van der Waals surface area (Å²) in [4.78, 5) is 30.7. The highest BCUT2D eigenvalue weighted by Crippen LogP contribution is 2.43. The van der Waals surface area contributed by atoms with Crippen molar-refractivity contribution in [2.24, 2.45) is 0 Å². The van der Waals surface area contributed by atoms with E-state index in [1.807, 2.05) is 66.6 Å². The van der Waals surface area contributed by atoms with E-state index in [1.54, 1.807) is 4.90 Å². The molecule has 0 radical (unpaired) electrons. The lowest BCUT2D eigenvalue weighted by Crippen LogP contribution is -2.59. The molecule has 2 atom stereocenters. The number of carbonyl (C=O) groups is 2. The second kappa shape index (κ2) is 7.09. The van der Waals surface area contributed by atoms with Crippen molar-refractivity contribution >= 4 is 23.2 Å². The zero-order valence-electron chi connectivity index (χ0n) is 15.6. The van der Waals surface area contributed by atoms with Crippen LogP contribution >= 0.6 is 11.3 Å². The van der Waals surface area contributed by atoms with Crippen LogP contribution in [0.1, 0.15) is 35.0 Å². The van der Waals surface area contributed by atoms with Gasteiger partial charge in [0.25, 0.3) is 11.8 Å². The minimum Gasteiger partial charge on any atom is -0.361 e. The molecule has 2 amide bonds. The lowest BCUT2D eigenvalue weighted by atomic mass is 9.83. The Hall–Kier alpha value is -2.18. The number of amides is 2. The first-order valence-electron chi connectivity index (χ1n) is 9.35. The van der Waals surface area contributed by atoms with Gasteiger partial charge in [0, 0.05) is 25.0 Å². The van der Waals surface area contributed by atoms with Crippen molar-refractivity contribution in [1.29, 1.82) is 0 Å². The number of hydrogen-bond acceptors (Lipinski definition) is 4.